The van der Waals surface area contributed by atoms with E-state index in [-0.39, 0.29) is 22.4 Å². The normalized spacial score (nSPS) is 15.9. The van der Waals surface area contributed by atoms with Gasteiger partial charge in [-0.2, -0.15) is 4.31 Å². The van der Waals surface area contributed by atoms with Crippen molar-refractivity contribution in [3.63, 3.8) is 0 Å². The van der Waals surface area contributed by atoms with Crippen molar-refractivity contribution in [3.05, 3.63) is 41.4 Å². The summed E-state index contributed by atoms with van der Waals surface area (Å²) >= 11 is 1.38. The van der Waals surface area contributed by atoms with Crippen LogP contribution >= 0.6 is 11.3 Å². The Morgan fingerprint density at radius 1 is 1.18 bits per heavy atom. The van der Waals surface area contributed by atoms with E-state index >= 15 is 0 Å². The third kappa shape index (κ3) is 5.80. The lowest BCUT2D eigenvalue weighted by atomic mass is 9.94. The van der Waals surface area contributed by atoms with E-state index in [1.165, 1.54) is 39.9 Å². The Morgan fingerprint density at radius 3 is 2.48 bits per heavy atom. The zero-order chi connectivity index (χ0) is 24.0. The van der Waals surface area contributed by atoms with Gasteiger partial charge in [0.2, 0.25) is 10.0 Å². The summed E-state index contributed by atoms with van der Waals surface area (Å²) in [6.07, 6.45) is 5.62. The van der Waals surface area contributed by atoms with Crippen LogP contribution in [-0.2, 0) is 19.6 Å². The average molecular weight is 494 g/mol. The predicted molar refractivity (Wildman–Crippen MR) is 128 cm³/mol. The Morgan fingerprint density at radius 2 is 1.88 bits per heavy atom. The van der Waals surface area contributed by atoms with Crippen molar-refractivity contribution in [3.8, 4) is 0 Å². The van der Waals surface area contributed by atoms with Gasteiger partial charge in [-0.05, 0) is 38.0 Å². The van der Waals surface area contributed by atoms with E-state index in [9.17, 15) is 18.0 Å². The molecule has 1 aromatic carbocycles. The second kappa shape index (κ2) is 11.2. The molecule has 0 saturated heterocycles. The molecule has 10 heteroatoms. The molecule has 0 aliphatic heterocycles. The Balaban J connectivity index is 1.77. The van der Waals surface area contributed by atoms with Crippen LogP contribution in [0.2, 0.25) is 0 Å². The number of anilines is 1. The molecule has 180 valence electrons. The molecule has 33 heavy (non-hydrogen) atoms. The molecule has 3 rings (SSSR count). The fraction of sp³-hybridized carbons (Fsp3) is 0.522. The molecule has 1 aliphatic rings. The van der Waals surface area contributed by atoms with Gasteiger partial charge >= 0.3 is 5.97 Å². The second-order valence-electron chi connectivity index (χ2n) is 7.98. The summed E-state index contributed by atoms with van der Waals surface area (Å²) in [6.45, 7) is 5.71. The van der Waals surface area contributed by atoms with Crippen molar-refractivity contribution >= 4 is 38.4 Å². The number of amides is 1. The standard InChI is InChI=1S/C23H31N3O5S2/c1-4-25(5-2)33(29,30)20-13-9-10-18(16-20)22(28)31-17(3)21(27)26(23-24-14-15-32-23)19-11-7-6-8-12-19/h9-10,13-17,19H,4-8,11-12H2,1-3H3. The summed E-state index contributed by atoms with van der Waals surface area (Å²) in [4.78, 5) is 32.1. The van der Waals surface area contributed by atoms with Crippen LogP contribution in [0.25, 0.3) is 0 Å². The number of rotatable bonds is 9. The summed E-state index contributed by atoms with van der Waals surface area (Å²) in [5, 5.41) is 2.42. The molecule has 0 bridgehead atoms. The molecule has 8 nitrogen and oxygen atoms in total. The number of benzene rings is 1. The molecule has 0 radical (unpaired) electrons. The molecule has 1 unspecified atom stereocenters. The smallest absolute Gasteiger partial charge is 0.338 e. The third-order valence-electron chi connectivity index (χ3n) is 5.85. The Labute approximate surface area is 199 Å². The largest absolute Gasteiger partial charge is 0.449 e. The molecule has 0 N–H and O–H groups in total. The highest BCUT2D eigenvalue weighted by molar-refractivity contribution is 7.89. The number of hydrogen-bond donors (Lipinski definition) is 0. The van der Waals surface area contributed by atoms with E-state index in [0.717, 1.165) is 32.1 Å². The molecule has 1 heterocycles. The number of thiazole rings is 1. The minimum atomic E-state index is -3.72. The van der Waals surface area contributed by atoms with Gasteiger partial charge in [0.25, 0.3) is 5.91 Å². The van der Waals surface area contributed by atoms with Gasteiger partial charge in [-0.1, -0.05) is 39.2 Å². The van der Waals surface area contributed by atoms with Crippen LogP contribution in [0.15, 0.2) is 40.7 Å². The Bertz CT molecular complexity index is 1050. The summed E-state index contributed by atoms with van der Waals surface area (Å²) in [7, 11) is -3.72. The van der Waals surface area contributed by atoms with E-state index in [1.807, 2.05) is 5.38 Å². The fourth-order valence-electron chi connectivity index (χ4n) is 4.08. The lowest BCUT2D eigenvalue weighted by molar-refractivity contribution is -0.127. The second-order valence-corrected chi connectivity index (χ2v) is 10.8. The molecule has 1 atom stereocenters. The number of aromatic nitrogens is 1. The first kappa shape index (κ1) is 25.3. The highest BCUT2D eigenvalue weighted by Crippen LogP contribution is 2.30. The number of sulfonamides is 1. The van der Waals surface area contributed by atoms with E-state index in [1.54, 1.807) is 31.9 Å². The van der Waals surface area contributed by atoms with Crippen LogP contribution < -0.4 is 4.90 Å². The maximum Gasteiger partial charge on any atom is 0.338 e. The fourth-order valence-corrected chi connectivity index (χ4v) is 6.30. The first-order valence-electron chi connectivity index (χ1n) is 11.3. The Kier molecular flexibility index (Phi) is 8.61. The van der Waals surface area contributed by atoms with Crippen molar-refractivity contribution in [2.45, 2.75) is 69.9 Å². The van der Waals surface area contributed by atoms with Gasteiger partial charge in [0.15, 0.2) is 11.2 Å². The average Bonchev–Trinajstić information content (AvgIpc) is 3.35. The van der Waals surface area contributed by atoms with Crippen molar-refractivity contribution in [1.29, 1.82) is 0 Å². The van der Waals surface area contributed by atoms with Gasteiger partial charge in [-0.25, -0.2) is 18.2 Å². The summed E-state index contributed by atoms with van der Waals surface area (Å²) < 4.78 is 32.4. The minimum Gasteiger partial charge on any atom is -0.449 e. The topological polar surface area (TPSA) is 96.9 Å². The molecule has 0 spiro atoms. The highest BCUT2D eigenvalue weighted by Gasteiger charge is 2.33. The molecule has 1 aromatic heterocycles. The molecular weight excluding hydrogens is 462 g/mol. The number of carbonyl (C=O) groups is 2. The van der Waals surface area contributed by atoms with E-state index in [2.05, 4.69) is 4.98 Å². The number of ether oxygens (including phenoxy) is 1. The van der Waals surface area contributed by atoms with Crippen LogP contribution in [0.3, 0.4) is 0 Å². The zero-order valence-electron chi connectivity index (χ0n) is 19.3. The maximum atomic E-state index is 13.3. The van der Waals surface area contributed by atoms with Crippen molar-refractivity contribution in [1.82, 2.24) is 9.29 Å². The van der Waals surface area contributed by atoms with Gasteiger partial charge in [0.05, 0.1) is 10.5 Å². The lowest BCUT2D eigenvalue weighted by Gasteiger charge is -2.33. The van der Waals surface area contributed by atoms with Crippen LogP contribution in [0.5, 0.6) is 0 Å². The van der Waals surface area contributed by atoms with Gasteiger partial charge in [-0.15, -0.1) is 11.3 Å². The molecule has 1 saturated carbocycles. The van der Waals surface area contributed by atoms with E-state index in [0.29, 0.717) is 18.2 Å². The minimum absolute atomic E-state index is 0.0197. The summed E-state index contributed by atoms with van der Waals surface area (Å²) in [5.41, 5.74) is 0.0846. The van der Waals surface area contributed by atoms with Crippen LogP contribution in [-0.4, -0.2) is 54.8 Å². The molecule has 1 amide bonds. The van der Waals surface area contributed by atoms with E-state index < -0.39 is 22.1 Å². The molecule has 1 aliphatic carbocycles. The van der Waals surface area contributed by atoms with Crippen LogP contribution in [0.1, 0.15) is 63.2 Å². The van der Waals surface area contributed by atoms with Crippen molar-refractivity contribution < 1.29 is 22.7 Å². The highest BCUT2D eigenvalue weighted by atomic mass is 32.2. The Hall–Kier alpha value is -2.30. The molecular formula is C23H31N3O5S2. The molecule has 1 fully saturated rings. The van der Waals surface area contributed by atoms with Gasteiger partial charge in [-0.3, -0.25) is 9.69 Å². The third-order valence-corrected chi connectivity index (χ3v) is 8.66. The number of nitrogens with zero attached hydrogens (tertiary/aromatic N) is 3. The quantitative estimate of drug-likeness (QED) is 0.488. The number of esters is 1. The summed E-state index contributed by atoms with van der Waals surface area (Å²) in [5.74, 6) is -1.06. The monoisotopic (exact) mass is 493 g/mol. The maximum absolute atomic E-state index is 13.3. The SMILES string of the molecule is CCN(CC)S(=O)(=O)c1cccc(C(=O)OC(C)C(=O)N(c2nccs2)C2CCCCC2)c1. The van der Waals surface area contributed by atoms with Crippen LogP contribution in [0, 0.1) is 0 Å². The van der Waals surface area contributed by atoms with Gasteiger partial charge < -0.3 is 4.74 Å². The van der Waals surface area contributed by atoms with E-state index in [4.69, 9.17) is 4.74 Å². The van der Waals surface area contributed by atoms with Gasteiger partial charge in [0.1, 0.15) is 0 Å². The van der Waals surface area contributed by atoms with Crippen molar-refractivity contribution in [2.24, 2.45) is 0 Å². The number of carbonyl (C=O) groups excluding carboxylic acids is 2. The zero-order valence-corrected chi connectivity index (χ0v) is 20.9. The predicted octanol–water partition coefficient (Wildman–Crippen LogP) is 4.08. The first-order valence-corrected chi connectivity index (χ1v) is 13.6. The number of hydrogen-bond acceptors (Lipinski definition) is 7. The van der Waals surface area contributed by atoms with Gasteiger partial charge in [0, 0.05) is 30.7 Å². The first-order chi connectivity index (χ1) is 15.8. The summed E-state index contributed by atoms with van der Waals surface area (Å²) in [6, 6.07) is 5.77. The lowest BCUT2D eigenvalue weighted by Crippen LogP contribution is -2.47. The van der Waals surface area contributed by atoms with Crippen LogP contribution in [0.4, 0.5) is 5.13 Å². The molecule has 2 aromatic rings. The van der Waals surface area contributed by atoms with Crippen molar-refractivity contribution in [2.75, 3.05) is 18.0 Å².